The summed E-state index contributed by atoms with van der Waals surface area (Å²) in [7, 11) is 0. The predicted molar refractivity (Wildman–Crippen MR) is 78.9 cm³/mol. The summed E-state index contributed by atoms with van der Waals surface area (Å²) >= 11 is 9.54. The molecule has 1 fully saturated rings. The second-order valence-corrected chi connectivity index (χ2v) is 5.93. The minimum atomic E-state index is 0.586. The molecule has 1 aromatic rings. The highest BCUT2D eigenvalue weighted by molar-refractivity contribution is 9.10. The van der Waals surface area contributed by atoms with Gasteiger partial charge in [-0.1, -0.05) is 29.3 Å². The number of rotatable bonds is 3. The maximum Gasteiger partial charge on any atom is 0.0494 e. The summed E-state index contributed by atoms with van der Waals surface area (Å²) < 4.78 is 1.11. The molecule has 1 aliphatic rings. The molecule has 0 radical (unpaired) electrons. The summed E-state index contributed by atoms with van der Waals surface area (Å²) in [4.78, 5) is 2.48. The van der Waals surface area contributed by atoms with Crippen LogP contribution in [0.5, 0.6) is 0 Å². The highest BCUT2D eigenvalue weighted by Gasteiger charge is 2.19. The smallest absolute Gasteiger partial charge is 0.0494 e. The summed E-state index contributed by atoms with van der Waals surface area (Å²) in [6, 6.07) is 6.43. The first-order valence-corrected chi connectivity index (χ1v) is 7.66. The Hall–Kier alpha value is -0.210. The second-order valence-electron chi connectivity index (χ2n) is 4.75. The van der Waals surface area contributed by atoms with E-state index in [0.717, 1.165) is 10.4 Å². The van der Waals surface area contributed by atoms with E-state index in [4.69, 9.17) is 11.6 Å². The molecular weight excluding hydrogens is 298 g/mol. The second kappa shape index (κ2) is 6.10. The Kier molecular flexibility index (Phi) is 4.75. The van der Waals surface area contributed by atoms with Gasteiger partial charge < -0.3 is 4.90 Å². The average molecular weight is 317 g/mol. The lowest BCUT2D eigenvalue weighted by atomic mass is 9.94. The van der Waals surface area contributed by atoms with Gasteiger partial charge in [0.05, 0.1) is 0 Å². The van der Waals surface area contributed by atoms with Gasteiger partial charge in [-0.2, -0.15) is 0 Å². The molecule has 2 rings (SSSR count). The molecule has 3 heteroatoms. The average Bonchev–Trinajstić information content (AvgIpc) is 2.39. The van der Waals surface area contributed by atoms with Crippen LogP contribution in [-0.2, 0) is 5.88 Å². The zero-order valence-electron chi connectivity index (χ0n) is 10.3. The molecular formula is C14H19BrClN. The minimum absolute atomic E-state index is 0.586. The van der Waals surface area contributed by atoms with Crippen molar-refractivity contribution in [3.05, 3.63) is 28.2 Å². The van der Waals surface area contributed by atoms with Crippen molar-refractivity contribution in [2.45, 2.75) is 32.1 Å². The Morgan fingerprint density at radius 3 is 2.65 bits per heavy atom. The highest BCUT2D eigenvalue weighted by Crippen LogP contribution is 2.30. The SMILES string of the molecule is CCC1CCN(c2ccc(Br)cc2CCl)CC1. The molecule has 0 aliphatic carbocycles. The van der Waals surface area contributed by atoms with E-state index >= 15 is 0 Å². The molecule has 0 spiro atoms. The highest BCUT2D eigenvalue weighted by atomic mass is 79.9. The monoisotopic (exact) mass is 315 g/mol. The van der Waals surface area contributed by atoms with Gasteiger partial charge in [0.15, 0.2) is 0 Å². The van der Waals surface area contributed by atoms with Crippen molar-refractivity contribution >= 4 is 33.2 Å². The van der Waals surface area contributed by atoms with Crippen LogP contribution in [0.25, 0.3) is 0 Å². The van der Waals surface area contributed by atoms with Gasteiger partial charge in [0.1, 0.15) is 0 Å². The molecule has 0 aromatic heterocycles. The van der Waals surface area contributed by atoms with Crippen LogP contribution in [0.2, 0.25) is 0 Å². The fourth-order valence-electron chi connectivity index (χ4n) is 2.55. The van der Waals surface area contributed by atoms with Crippen LogP contribution in [0.3, 0.4) is 0 Å². The van der Waals surface area contributed by atoms with E-state index in [1.807, 2.05) is 0 Å². The number of piperidine rings is 1. The predicted octanol–water partition coefficient (Wildman–Crippen LogP) is 4.81. The van der Waals surface area contributed by atoms with Crippen molar-refractivity contribution in [3.63, 3.8) is 0 Å². The molecule has 0 unspecified atom stereocenters. The Morgan fingerprint density at radius 1 is 1.35 bits per heavy atom. The molecule has 0 amide bonds. The summed E-state index contributed by atoms with van der Waals surface area (Å²) in [5.41, 5.74) is 2.55. The Labute approximate surface area is 117 Å². The van der Waals surface area contributed by atoms with Crippen molar-refractivity contribution in [1.82, 2.24) is 0 Å². The maximum atomic E-state index is 6.03. The van der Waals surface area contributed by atoms with Crippen LogP contribution in [-0.4, -0.2) is 13.1 Å². The van der Waals surface area contributed by atoms with Crippen LogP contribution >= 0.6 is 27.5 Å². The van der Waals surface area contributed by atoms with Gasteiger partial charge in [-0.3, -0.25) is 0 Å². The van der Waals surface area contributed by atoms with Crippen molar-refractivity contribution in [3.8, 4) is 0 Å². The molecule has 0 N–H and O–H groups in total. The molecule has 0 atom stereocenters. The quantitative estimate of drug-likeness (QED) is 0.723. The van der Waals surface area contributed by atoms with Gasteiger partial charge in [0.2, 0.25) is 0 Å². The number of hydrogen-bond donors (Lipinski definition) is 0. The molecule has 1 heterocycles. The Morgan fingerprint density at radius 2 is 2.06 bits per heavy atom. The molecule has 17 heavy (non-hydrogen) atoms. The van der Waals surface area contributed by atoms with Crippen molar-refractivity contribution in [2.75, 3.05) is 18.0 Å². The third-order valence-electron chi connectivity index (χ3n) is 3.72. The fraction of sp³-hybridized carbons (Fsp3) is 0.571. The molecule has 0 saturated carbocycles. The molecule has 1 aliphatic heterocycles. The number of alkyl halides is 1. The lowest BCUT2D eigenvalue weighted by Crippen LogP contribution is -2.34. The first-order chi connectivity index (χ1) is 8.24. The van der Waals surface area contributed by atoms with Gasteiger partial charge in [-0.05, 0) is 42.5 Å². The number of benzene rings is 1. The van der Waals surface area contributed by atoms with Crippen molar-refractivity contribution in [2.24, 2.45) is 5.92 Å². The fourth-order valence-corrected chi connectivity index (χ4v) is 3.17. The van der Waals surface area contributed by atoms with E-state index in [-0.39, 0.29) is 0 Å². The first-order valence-electron chi connectivity index (χ1n) is 6.34. The Balaban J connectivity index is 2.12. The largest absolute Gasteiger partial charge is 0.371 e. The molecule has 1 nitrogen and oxygen atoms in total. The van der Waals surface area contributed by atoms with Crippen LogP contribution in [0.15, 0.2) is 22.7 Å². The normalized spacial score (nSPS) is 17.5. The summed E-state index contributed by atoms with van der Waals surface area (Å²) in [6.45, 7) is 4.64. The van der Waals surface area contributed by atoms with Crippen LogP contribution in [0, 0.1) is 5.92 Å². The van der Waals surface area contributed by atoms with Crippen molar-refractivity contribution in [1.29, 1.82) is 0 Å². The van der Waals surface area contributed by atoms with E-state index < -0.39 is 0 Å². The van der Waals surface area contributed by atoms with E-state index in [1.54, 1.807) is 0 Å². The number of nitrogens with zero attached hydrogens (tertiary/aromatic N) is 1. The topological polar surface area (TPSA) is 3.24 Å². The zero-order chi connectivity index (χ0) is 12.3. The van der Waals surface area contributed by atoms with Gasteiger partial charge in [-0.15, -0.1) is 11.6 Å². The molecule has 1 aromatic carbocycles. The minimum Gasteiger partial charge on any atom is -0.371 e. The molecule has 1 saturated heterocycles. The first kappa shape index (κ1) is 13.2. The standard InChI is InChI=1S/C14H19BrClN/c1-2-11-5-7-17(8-6-11)14-4-3-13(15)9-12(14)10-16/h3-4,9,11H,2,5-8,10H2,1H3. The molecule has 94 valence electrons. The molecule has 0 bridgehead atoms. The van der Waals surface area contributed by atoms with Crippen LogP contribution in [0.4, 0.5) is 5.69 Å². The number of halogens is 2. The van der Waals surface area contributed by atoms with Gasteiger partial charge in [0.25, 0.3) is 0 Å². The van der Waals surface area contributed by atoms with Gasteiger partial charge in [0, 0.05) is 29.1 Å². The third kappa shape index (κ3) is 3.17. The van der Waals surface area contributed by atoms with Crippen LogP contribution in [0.1, 0.15) is 31.7 Å². The summed E-state index contributed by atoms with van der Waals surface area (Å²) in [6.07, 6.45) is 3.94. The van der Waals surface area contributed by atoms with E-state index in [9.17, 15) is 0 Å². The summed E-state index contributed by atoms with van der Waals surface area (Å²) in [5, 5.41) is 0. The number of hydrogen-bond acceptors (Lipinski definition) is 1. The lowest BCUT2D eigenvalue weighted by molar-refractivity contribution is 0.395. The summed E-state index contributed by atoms with van der Waals surface area (Å²) in [5.74, 6) is 1.50. The number of anilines is 1. The van der Waals surface area contributed by atoms with Gasteiger partial charge >= 0.3 is 0 Å². The van der Waals surface area contributed by atoms with E-state index in [2.05, 4.69) is 46.0 Å². The maximum absolute atomic E-state index is 6.03. The van der Waals surface area contributed by atoms with E-state index in [1.165, 1.54) is 43.6 Å². The Bertz CT molecular complexity index is 372. The van der Waals surface area contributed by atoms with E-state index in [0.29, 0.717) is 5.88 Å². The van der Waals surface area contributed by atoms with Crippen LogP contribution < -0.4 is 4.90 Å². The lowest BCUT2D eigenvalue weighted by Gasteiger charge is -2.34. The van der Waals surface area contributed by atoms with Gasteiger partial charge in [-0.25, -0.2) is 0 Å². The van der Waals surface area contributed by atoms with Crippen molar-refractivity contribution < 1.29 is 0 Å². The zero-order valence-corrected chi connectivity index (χ0v) is 12.6. The third-order valence-corrected chi connectivity index (χ3v) is 4.50.